The van der Waals surface area contributed by atoms with E-state index in [0.29, 0.717) is 50.6 Å². The van der Waals surface area contributed by atoms with E-state index in [1.165, 1.54) is 12.8 Å². The number of nitrogens with zero attached hydrogens (tertiary/aromatic N) is 4. The van der Waals surface area contributed by atoms with Gasteiger partial charge in [0, 0.05) is 63.0 Å². The molecule has 3 amide bonds. The maximum atomic E-state index is 13.6. The lowest BCUT2D eigenvalue weighted by atomic mass is 9.96. The van der Waals surface area contributed by atoms with Gasteiger partial charge in [-0.3, -0.25) is 19.1 Å². The number of carbonyl (C=O) groups excluding carboxylic acids is 3. The number of fused-ring (bicyclic) bond motifs is 1. The molecule has 1 aromatic carbocycles. The molecule has 1 N–H and O–H groups in total. The van der Waals surface area contributed by atoms with E-state index in [1.807, 2.05) is 43.1 Å². The molecule has 8 heteroatoms. The lowest BCUT2D eigenvalue weighted by Gasteiger charge is -2.32. The molecule has 36 heavy (non-hydrogen) atoms. The number of nitrogens with one attached hydrogen (secondary N) is 1. The molecule has 192 valence electrons. The van der Waals surface area contributed by atoms with Crippen molar-refractivity contribution in [2.24, 2.45) is 18.9 Å². The summed E-state index contributed by atoms with van der Waals surface area (Å²) in [6.07, 6.45) is 7.60. The van der Waals surface area contributed by atoms with Crippen LogP contribution in [0.4, 0.5) is 5.69 Å². The molecule has 5 rings (SSSR count). The van der Waals surface area contributed by atoms with Gasteiger partial charge in [-0.15, -0.1) is 0 Å². The molecule has 1 atom stereocenters. The number of benzene rings is 1. The topological polar surface area (TPSA) is 87.5 Å². The molecule has 0 bridgehead atoms. The van der Waals surface area contributed by atoms with Crippen LogP contribution >= 0.6 is 0 Å². The fourth-order valence-corrected chi connectivity index (χ4v) is 6.04. The van der Waals surface area contributed by atoms with E-state index in [2.05, 4.69) is 10.4 Å². The molecule has 1 saturated carbocycles. The predicted octanol–water partition coefficient (Wildman–Crippen LogP) is 3.68. The van der Waals surface area contributed by atoms with Gasteiger partial charge in [-0.05, 0) is 50.2 Å². The van der Waals surface area contributed by atoms with Crippen LogP contribution in [-0.4, -0.2) is 56.9 Å². The van der Waals surface area contributed by atoms with Crippen LogP contribution in [0.1, 0.15) is 72.3 Å². The second kappa shape index (κ2) is 10.4. The number of amides is 3. The van der Waals surface area contributed by atoms with E-state index in [9.17, 15) is 14.4 Å². The van der Waals surface area contributed by atoms with Gasteiger partial charge < -0.3 is 15.1 Å². The number of hydrogen-bond donors (Lipinski definition) is 1. The SMILES string of the molecule is Cc1ccccc1NC(=O)[C@H]1CCCN(C(=O)c2nn(C)c3c2CN(C(=O)CC2CCCC2)CC3)C1. The zero-order valence-electron chi connectivity index (χ0n) is 21.5. The highest BCUT2D eigenvalue weighted by molar-refractivity contribution is 5.96. The Morgan fingerprint density at radius 1 is 1.03 bits per heavy atom. The Hall–Kier alpha value is -3.16. The van der Waals surface area contributed by atoms with E-state index < -0.39 is 0 Å². The summed E-state index contributed by atoms with van der Waals surface area (Å²) in [6, 6.07) is 7.73. The van der Waals surface area contributed by atoms with Gasteiger partial charge in [0.1, 0.15) is 0 Å². The molecule has 1 aliphatic carbocycles. The average Bonchev–Trinajstić information content (AvgIpc) is 3.52. The van der Waals surface area contributed by atoms with Gasteiger partial charge in [0.15, 0.2) is 5.69 Å². The summed E-state index contributed by atoms with van der Waals surface area (Å²) >= 11 is 0. The van der Waals surface area contributed by atoms with Gasteiger partial charge in [-0.25, -0.2) is 0 Å². The summed E-state index contributed by atoms with van der Waals surface area (Å²) in [4.78, 5) is 43.3. The number of likely N-dealkylation sites (tertiary alicyclic amines) is 1. The molecule has 0 radical (unpaired) electrons. The first-order chi connectivity index (χ1) is 17.4. The van der Waals surface area contributed by atoms with Crippen LogP contribution in [0, 0.1) is 18.8 Å². The third-order valence-electron chi connectivity index (χ3n) is 8.22. The Labute approximate surface area is 213 Å². The second-order valence-corrected chi connectivity index (χ2v) is 10.7. The first-order valence-electron chi connectivity index (χ1n) is 13.4. The number of anilines is 1. The Morgan fingerprint density at radius 3 is 2.58 bits per heavy atom. The highest BCUT2D eigenvalue weighted by atomic mass is 16.2. The van der Waals surface area contributed by atoms with Gasteiger partial charge in [0.2, 0.25) is 11.8 Å². The molecule has 2 fully saturated rings. The van der Waals surface area contributed by atoms with Crippen molar-refractivity contribution in [2.45, 2.75) is 64.8 Å². The molecule has 3 aliphatic rings. The molecule has 3 heterocycles. The second-order valence-electron chi connectivity index (χ2n) is 10.7. The lowest BCUT2D eigenvalue weighted by Crippen LogP contribution is -2.44. The molecular weight excluding hydrogens is 454 g/mol. The van der Waals surface area contributed by atoms with Crippen molar-refractivity contribution in [2.75, 3.05) is 25.0 Å². The van der Waals surface area contributed by atoms with Gasteiger partial charge in [-0.2, -0.15) is 5.10 Å². The normalized spacial score (nSPS) is 20.3. The van der Waals surface area contributed by atoms with E-state index in [1.54, 1.807) is 9.58 Å². The van der Waals surface area contributed by atoms with Gasteiger partial charge in [-0.1, -0.05) is 31.0 Å². The Kier molecular flexibility index (Phi) is 7.12. The van der Waals surface area contributed by atoms with Crippen LogP contribution in [0.25, 0.3) is 0 Å². The maximum Gasteiger partial charge on any atom is 0.274 e. The smallest absolute Gasteiger partial charge is 0.274 e. The number of aromatic nitrogens is 2. The molecule has 2 aliphatic heterocycles. The van der Waals surface area contributed by atoms with Crippen LogP contribution in [0.2, 0.25) is 0 Å². The third kappa shape index (κ3) is 5.04. The monoisotopic (exact) mass is 491 g/mol. The van der Waals surface area contributed by atoms with Crippen LogP contribution in [0.3, 0.4) is 0 Å². The lowest BCUT2D eigenvalue weighted by molar-refractivity contribution is -0.133. The molecule has 1 aromatic heterocycles. The van der Waals surface area contributed by atoms with E-state index >= 15 is 0 Å². The standard InChI is InChI=1S/C28H37N5O3/c1-19-8-3-6-12-23(19)29-27(35)21-11-7-14-33(17-21)28(36)26-22-18-32(15-13-24(22)31(2)30-26)25(34)16-20-9-4-5-10-20/h3,6,8,12,20-21H,4-5,7,9-11,13-18H2,1-2H3,(H,29,35)/t21-/m0/s1. The Morgan fingerprint density at radius 2 is 1.81 bits per heavy atom. The van der Waals surface area contributed by atoms with Crippen LogP contribution in [0.5, 0.6) is 0 Å². The molecule has 8 nitrogen and oxygen atoms in total. The fraction of sp³-hybridized carbons (Fsp3) is 0.571. The quantitative estimate of drug-likeness (QED) is 0.691. The van der Waals surface area contributed by atoms with E-state index in [4.69, 9.17) is 0 Å². The minimum atomic E-state index is -0.258. The number of carbonyl (C=O) groups is 3. The summed E-state index contributed by atoms with van der Waals surface area (Å²) in [5.41, 5.74) is 4.17. The van der Waals surface area contributed by atoms with Gasteiger partial charge in [0.05, 0.1) is 5.92 Å². The fourth-order valence-electron chi connectivity index (χ4n) is 6.04. The molecule has 0 unspecified atom stereocenters. The average molecular weight is 492 g/mol. The third-order valence-corrected chi connectivity index (χ3v) is 8.22. The van der Waals surface area contributed by atoms with Crippen LogP contribution in [-0.2, 0) is 29.6 Å². The van der Waals surface area contributed by atoms with Crippen molar-refractivity contribution in [1.82, 2.24) is 19.6 Å². The van der Waals surface area contributed by atoms with E-state index in [0.717, 1.165) is 48.2 Å². The minimum Gasteiger partial charge on any atom is -0.338 e. The first-order valence-corrected chi connectivity index (χ1v) is 13.4. The van der Waals surface area contributed by atoms with Crippen LogP contribution < -0.4 is 5.32 Å². The highest BCUT2D eigenvalue weighted by Gasteiger charge is 2.35. The first kappa shape index (κ1) is 24.5. The van der Waals surface area contributed by atoms with E-state index in [-0.39, 0.29) is 23.6 Å². The van der Waals surface area contributed by atoms with Crippen molar-refractivity contribution in [3.63, 3.8) is 0 Å². The van der Waals surface area contributed by atoms with Gasteiger partial charge >= 0.3 is 0 Å². The largest absolute Gasteiger partial charge is 0.338 e. The maximum absolute atomic E-state index is 13.6. The summed E-state index contributed by atoms with van der Waals surface area (Å²) < 4.78 is 1.80. The van der Waals surface area contributed by atoms with Crippen molar-refractivity contribution < 1.29 is 14.4 Å². The molecule has 1 saturated heterocycles. The summed E-state index contributed by atoms with van der Waals surface area (Å²) in [7, 11) is 1.88. The minimum absolute atomic E-state index is 0.0477. The zero-order chi connectivity index (χ0) is 25.2. The summed E-state index contributed by atoms with van der Waals surface area (Å²) in [5.74, 6) is 0.260. The molecular formula is C28H37N5O3. The summed E-state index contributed by atoms with van der Waals surface area (Å²) in [6.45, 7) is 4.09. The predicted molar refractivity (Wildman–Crippen MR) is 137 cm³/mol. The number of para-hydroxylation sites is 1. The highest BCUT2D eigenvalue weighted by Crippen LogP contribution is 2.30. The van der Waals surface area contributed by atoms with Crippen molar-refractivity contribution in [3.8, 4) is 0 Å². The number of rotatable bonds is 5. The van der Waals surface area contributed by atoms with Crippen molar-refractivity contribution >= 4 is 23.4 Å². The Balaban J connectivity index is 1.27. The van der Waals surface area contributed by atoms with Crippen molar-refractivity contribution in [3.05, 3.63) is 46.8 Å². The number of hydrogen-bond acceptors (Lipinski definition) is 4. The Bertz CT molecular complexity index is 1150. The van der Waals surface area contributed by atoms with Gasteiger partial charge in [0.25, 0.3) is 5.91 Å². The zero-order valence-corrected chi connectivity index (χ0v) is 21.5. The molecule has 0 spiro atoms. The summed E-state index contributed by atoms with van der Waals surface area (Å²) in [5, 5.41) is 7.64. The van der Waals surface area contributed by atoms with Crippen LogP contribution in [0.15, 0.2) is 24.3 Å². The van der Waals surface area contributed by atoms with Crippen molar-refractivity contribution in [1.29, 1.82) is 0 Å². The number of aryl methyl sites for hydroxylation is 2. The number of piperidine rings is 1. The molecule has 2 aromatic rings.